The van der Waals surface area contributed by atoms with Crippen LogP contribution in [0.15, 0.2) is 0 Å². The van der Waals surface area contributed by atoms with Gasteiger partial charge in [-0.2, -0.15) is 0 Å². The van der Waals surface area contributed by atoms with Crippen molar-refractivity contribution in [2.75, 3.05) is 0 Å². The molecule has 2 aromatic rings. The number of carboxylic acid groups (broad SMARTS) is 2. The number of hydrogen-bond acceptors (Lipinski definition) is 14. The van der Waals surface area contributed by atoms with E-state index in [2.05, 4.69) is 31.1 Å². The third kappa shape index (κ3) is 5.08. The van der Waals surface area contributed by atoms with Gasteiger partial charge in [0.15, 0.2) is 0 Å². The molecule has 2 heterocycles. The number of tetrazole rings is 2. The summed E-state index contributed by atoms with van der Waals surface area (Å²) in [7, 11) is 0. The van der Waals surface area contributed by atoms with Crippen molar-refractivity contribution in [3.05, 3.63) is 0 Å². The molecule has 0 unspecified atom stereocenters. The maximum absolute atomic E-state index is 10.7. The van der Waals surface area contributed by atoms with Crippen LogP contribution in [-0.2, 0) is 0 Å². The Balaban J connectivity index is 0.000000639. The lowest BCUT2D eigenvalue weighted by Gasteiger charge is -1.96. The van der Waals surface area contributed by atoms with Crippen LogP contribution in [0.1, 0.15) is 0 Å². The smallest absolute Gasteiger partial charge is 0.435 e. The van der Waals surface area contributed by atoms with Gasteiger partial charge in [0.2, 0.25) is 11.6 Å². The molecule has 0 saturated heterocycles. The maximum atomic E-state index is 10.7. The first-order chi connectivity index (χ1) is 10.4. The minimum atomic E-state index is -1.49. The predicted octanol–water partition coefficient (Wildman–Crippen LogP) is -2.91. The van der Waals surface area contributed by atoms with Gasteiger partial charge in [-0.05, 0) is 20.9 Å². The van der Waals surface area contributed by atoms with E-state index in [9.17, 15) is 9.59 Å². The molecule has 18 nitrogen and oxygen atoms in total. The van der Waals surface area contributed by atoms with E-state index < -0.39 is 12.2 Å². The molecular weight excluding hydrogens is 316 g/mol. The molecule has 122 valence electrons. The molecule has 0 aromatic carbocycles. The lowest BCUT2D eigenvalue weighted by Crippen LogP contribution is -2.17. The maximum Gasteiger partial charge on any atom is 0.435 e. The fourth-order valence-electron chi connectivity index (χ4n) is 0.911. The monoisotopic (exact) mass is 324 g/mol. The van der Waals surface area contributed by atoms with Gasteiger partial charge in [0.1, 0.15) is 0 Å². The van der Waals surface area contributed by atoms with Crippen LogP contribution >= 0.6 is 0 Å². The van der Waals surface area contributed by atoms with Gasteiger partial charge in [-0.15, -0.1) is 19.6 Å². The van der Waals surface area contributed by atoms with Gasteiger partial charge in [-0.3, -0.25) is 20.8 Å². The van der Waals surface area contributed by atoms with Crippen LogP contribution in [0.25, 0.3) is 11.6 Å². The molecule has 18 heteroatoms. The number of nitrogens with zero attached hydrogens (tertiary/aromatic N) is 8. The molecule has 0 atom stereocenters. The highest BCUT2D eigenvalue weighted by Gasteiger charge is 2.23. The van der Waals surface area contributed by atoms with Crippen LogP contribution in [0.2, 0.25) is 0 Å². The van der Waals surface area contributed by atoms with Gasteiger partial charge in [0, 0.05) is 0 Å². The molecule has 0 amide bonds. The number of aromatic nitrogens is 8. The molecule has 0 aliphatic carbocycles. The number of nitrogens with one attached hydrogen (secondary N) is 2. The van der Waals surface area contributed by atoms with Crippen LogP contribution in [0.5, 0.6) is 0 Å². The Bertz CT molecular complexity index is 541. The van der Waals surface area contributed by atoms with Crippen LogP contribution < -0.4 is 11.3 Å². The zero-order chi connectivity index (χ0) is 17.1. The Kier molecular flexibility index (Phi) is 8.31. The largest absolute Gasteiger partial charge is 0.463 e. The second-order valence-corrected chi connectivity index (χ2v) is 2.59. The van der Waals surface area contributed by atoms with Gasteiger partial charge >= 0.3 is 12.2 Å². The SMILES string of the molecule is O=C(O)n1nnnc1-c1nnnn1C(=O)O.ONO.ONO. The van der Waals surface area contributed by atoms with Crippen molar-refractivity contribution in [3.8, 4) is 11.6 Å². The summed E-state index contributed by atoms with van der Waals surface area (Å²) < 4.78 is 0.705. The van der Waals surface area contributed by atoms with Gasteiger partial charge in [0.25, 0.3) is 0 Å². The van der Waals surface area contributed by atoms with E-state index in [1.54, 1.807) is 0 Å². The molecule has 2 rings (SSSR count). The minimum absolute atomic E-state index is 0.352. The summed E-state index contributed by atoms with van der Waals surface area (Å²) in [5.41, 5.74) is 1.50. The zero-order valence-electron chi connectivity index (χ0n) is 10.1. The highest BCUT2D eigenvalue weighted by molar-refractivity contribution is 5.75. The minimum Gasteiger partial charge on any atom is -0.463 e. The van der Waals surface area contributed by atoms with Crippen LogP contribution in [0.3, 0.4) is 0 Å². The first-order valence-electron chi connectivity index (χ1n) is 4.54. The van der Waals surface area contributed by atoms with Crippen molar-refractivity contribution < 1.29 is 40.6 Å². The van der Waals surface area contributed by atoms with E-state index >= 15 is 0 Å². The second kappa shape index (κ2) is 9.70. The third-order valence-electron chi connectivity index (χ3n) is 1.50. The number of carbonyl (C=O) groups is 2. The van der Waals surface area contributed by atoms with Gasteiger partial charge in [-0.25, -0.2) is 9.59 Å². The van der Waals surface area contributed by atoms with E-state index in [0.29, 0.717) is 9.36 Å². The van der Waals surface area contributed by atoms with Crippen molar-refractivity contribution in [1.82, 2.24) is 51.7 Å². The Morgan fingerprint density at radius 1 is 0.773 bits per heavy atom. The summed E-state index contributed by atoms with van der Waals surface area (Å²) in [5.74, 6) is -0.778. The van der Waals surface area contributed by atoms with Gasteiger partial charge in [-0.1, -0.05) is 11.3 Å². The lowest BCUT2D eigenvalue weighted by atomic mass is 10.5. The van der Waals surface area contributed by atoms with E-state index in [4.69, 9.17) is 31.0 Å². The molecule has 2 aromatic heterocycles. The van der Waals surface area contributed by atoms with Gasteiger partial charge in [0.05, 0.1) is 0 Å². The van der Waals surface area contributed by atoms with E-state index in [1.807, 2.05) is 0 Å². The molecule has 0 fully saturated rings. The summed E-state index contributed by atoms with van der Waals surface area (Å²) >= 11 is 0. The highest BCUT2D eigenvalue weighted by atomic mass is 16.7. The summed E-state index contributed by atoms with van der Waals surface area (Å²) in [6, 6.07) is 0. The molecule has 22 heavy (non-hydrogen) atoms. The first-order valence-corrected chi connectivity index (χ1v) is 4.54. The molecule has 0 saturated carbocycles. The molecule has 0 spiro atoms. The Morgan fingerprint density at radius 2 is 1.05 bits per heavy atom. The van der Waals surface area contributed by atoms with E-state index in [0.717, 1.165) is 11.3 Å². The van der Waals surface area contributed by atoms with Crippen LogP contribution in [-0.4, -0.2) is 83.6 Å². The van der Waals surface area contributed by atoms with Crippen molar-refractivity contribution in [3.63, 3.8) is 0 Å². The van der Waals surface area contributed by atoms with Crippen LogP contribution in [0, 0.1) is 0 Å². The van der Waals surface area contributed by atoms with Crippen LogP contribution in [0.4, 0.5) is 9.59 Å². The topological polar surface area (TPSA) is 267 Å². The zero-order valence-corrected chi connectivity index (χ0v) is 10.1. The number of rotatable bonds is 1. The highest BCUT2D eigenvalue weighted by Crippen LogP contribution is 2.09. The van der Waals surface area contributed by atoms with Crippen molar-refractivity contribution in [2.45, 2.75) is 0 Å². The van der Waals surface area contributed by atoms with E-state index in [1.165, 1.54) is 0 Å². The summed E-state index contributed by atoms with van der Waals surface area (Å²) in [5, 5.41) is 63.9. The summed E-state index contributed by atoms with van der Waals surface area (Å²) in [6.07, 6.45) is -2.97. The Hall–Kier alpha value is -3.16. The average molecular weight is 324 g/mol. The van der Waals surface area contributed by atoms with Crippen molar-refractivity contribution >= 4 is 12.2 Å². The Labute approximate surface area is 117 Å². The standard InChI is InChI=1S/C4H2N8O4.2H3NO2/c13-3(14)11-1(5-7-9-11)2-6-8-10-12(2)4(15)16;2*2-1-3/h(H,13,14)(H,15,16);2*1-3H. The van der Waals surface area contributed by atoms with E-state index in [-0.39, 0.29) is 11.6 Å². The fraction of sp³-hybridized carbons (Fsp3) is 0. The Morgan fingerprint density at radius 3 is 1.27 bits per heavy atom. The van der Waals surface area contributed by atoms with Gasteiger partial charge < -0.3 is 10.2 Å². The third-order valence-corrected chi connectivity index (χ3v) is 1.50. The van der Waals surface area contributed by atoms with Crippen molar-refractivity contribution in [1.29, 1.82) is 0 Å². The lowest BCUT2D eigenvalue weighted by molar-refractivity contribution is -0.0682. The molecule has 8 N–H and O–H groups in total. The number of hydrogen-bond donors (Lipinski definition) is 8. The molecule has 0 radical (unpaired) electrons. The summed E-state index contributed by atoms with van der Waals surface area (Å²) in [4.78, 5) is 21.3. The molecule has 0 aliphatic heterocycles. The predicted molar refractivity (Wildman–Crippen MR) is 54.9 cm³/mol. The first kappa shape index (κ1) is 18.8. The van der Waals surface area contributed by atoms with Crippen molar-refractivity contribution in [2.24, 2.45) is 0 Å². The second-order valence-electron chi connectivity index (χ2n) is 2.59. The molecular formula is C4H8N10O8. The normalized spacial score (nSPS) is 9.09. The average Bonchev–Trinajstić information content (AvgIpc) is 3.09. The molecule has 0 aliphatic rings. The quantitative estimate of drug-likeness (QED) is 0.193. The fourth-order valence-corrected chi connectivity index (χ4v) is 0.911. The molecule has 0 bridgehead atoms. The summed E-state index contributed by atoms with van der Waals surface area (Å²) in [6.45, 7) is 0.